The first kappa shape index (κ1) is 21.2. The number of sulfonamides is 1. The van der Waals surface area contributed by atoms with Crippen molar-refractivity contribution in [3.63, 3.8) is 0 Å². The van der Waals surface area contributed by atoms with E-state index in [1.54, 1.807) is 6.20 Å². The lowest BCUT2D eigenvalue weighted by Gasteiger charge is -2.37. The summed E-state index contributed by atoms with van der Waals surface area (Å²) < 4.78 is 64.2. The van der Waals surface area contributed by atoms with Gasteiger partial charge >= 0.3 is 6.18 Å². The molecule has 1 aliphatic heterocycles. The third kappa shape index (κ3) is 5.95. The summed E-state index contributed by atoms with van der Waals surface area (Å²) >= 11 is 0. The molecule has 0 N–H and O–H groups in total. The first-order valence-electron chi connectivity index (χ1n) is 8.56. The van der Waals surface area contributed by atoms with Crippen molar-refractivity contribution in [2.75, 3.05) is 25.9 Å². The van der Waals surface area contributed by atoms with E-state index >= 15 is 0 Å². The number of hydrogen-bond donors (Lipinski definition) is 0. The Morgan fingerprint density at radius 3 is 2.23 bits per heavy atom. The number of rotatable bonds is 5. The van der Waals surface area contributed by atoms with Crippen molar-refractivity contribution in [2.45, 2.75) is 57.9 Å². The maximum absolute atomic E-state index is 12.7. The summed E-state index contributed by atoms with van der Waals surface area (Å²) in [5.41, 5.74) is 0.923. The van der Waals surface area contributed by atoms with Gasteiger partial charge in [0.1, 0.15) is 6.54 Å². The smallest absolute Gasteiger partial charge is 0.299 e. The standard InChI is InChI=1S/C16H27F3N4O2S/c1-15(2,3)23-11-13(9-20-23)10-21-7-5-14(6-8-21)22(26(4,24)25)12-16(17,18)19/h9,11,14H,5-8,10,12H2,1-4H3. The van der Waals surface area contributed by atoms with Crippen LogP contribution in [0.5, 0.6) is 0 Å². The van der Waals surface area contributed by atoms with Gasteiger partial charge < -0.3 is 0 Å². The van der Waals surface area contributed by atoms with Gasteiger partial charge in [-0.05, 0) is 33.6 Å². The fourth-order valence-electron chi connectivity index (χ4n) is 3.13. The highest BCUT2D eigenvalue weighted by molar-refractivity contribution is 7.88. The van der Waals surface area contributed by atoms with Gasteiger partial charge in [0, 0.05) is 37.4 Å². The Kier molecular flexibility index (Phi) is 6.09. The average Bonchev–Trinajstić information content (AvgIpc) is 2.92. The second kappa shape index (κ2) is 7.47. The molecule has 0 bridgehead atoms. The van der Waals surface area contributed by atoms with Crippen molar-refractivity contribution in [1.29, 1.82) is 0 Å². The van der Waals surface area contributed by atoms with Crippen LogP contribution in [0.2, 0.25) is 0 Å². The van der Waals surface area contributed by atoms with Gasteiger partial charge in [-0.1, -0.05) is 0 Å². The first-order chi connectivity index (χ1) is 11.8. The predicted molar refractivity (Wildman–Crippen MR) is 93.1 cm³/mol. The molecule has 0 radical (unpaired) electrons. The Hall–Kier alpha value is -1.13. The maximum Gasteiger partial charge on any atom is 0.402 e. The molecular formula is C16H27F3N4O2S. The molecule has 6 nitrogen and oxygen atoms in total. The highest BCUT2D eigenvalue weighted by Gasteiger charge is 2.39. The zero-order valence-corrected chi connectivity index (χ0v) is 16.4. The Morgan fingerprint density at radius 1 is 1.23 bits per heavy atom. The van der Waals surface area contributed by atoms with Gasteiger partial charge in [0.15, 0.2) is 0 Å². The lowest BCUT2D eigenvalue weighted by atomic mass is 10.0. The fraction of sp³-hybridized carbons (Fsp3) is 0.812. The fourth-order valence-corrected chi connectivity index (χ4v) is 4.26. The number of likely N-dealkylation sites (tertiary alicyclic amines) is 1. The molecule has 0 amide bonds. The van der Waals surface area contributed by atoms with E-state index in [1.807, 2.05) is 10.9 Å². The molecule has 2 heterocycles. The highest BCUT2D eigenvalue weighted by Crippen LogP contribution is 2.25. The number of alkyl halides is 3. The quantitative estimate of drug-likeness (QED) is 0.767. The van der Waals surface area contributed by atoms with Gasteiger partial charge in [-0.25, -0.2) is 8.42 Å². The number of nitrogens with zero attached hydrogens (tertiary/aromatic N) is 4. The van der Waals surface area contributed by atoms with Crippen LogP contribution in [-0.4, -0.2) is 65.5 Å². The molecule has 1 aromatic heterocycles. The van der Waals surface area contributed by atoms with Gasteiger partial charge in [-0.3, -0.25) is 9.58 Å². The molecule has 0 aliphatic carbocycles. The minimum atomic E-state index is -4.54. The molecule has 1 fully saturated rings. The van der Waals surface area contributed by atoms with Gasteiger partial charge in [-0.2, -0.15) is 22.6 Å². The van der Waals surface area contributed by atoms with Crippen molar-refractivity contribution in [1.82, 2.24) is 19.0 Å². The molecule has 150 valence electrons. The number of halogens is 3. The van der Waals surface area contributed by atoms with Crippen molar-refractivity contribution < 1.29 is 21.6 Å². The maximum atomic E-state index is 12.7. The third-order valence-corrected chi connectivity index (χ3v) is 5.73. The Morgan fingerprint density at radius 2 is 1.81 bits per heavy atom. The monoisotopic (exact) mass is 396 g/mol. The van der Waals surface area contributed by atoms with E-state index in [0.29, 0.717) is 36.8 Å². The minimum Gasteiger partial charge on any atom is -0.299 e. The number of aromatic nitrogens is 2. The second-order valence-electron chi connectivity index (χ2n) is 7.89. The summed E-state index contributed by atoms with van der Waals surface area (Å²) in [7, 11) is -3.91. The van der Waals surface area contributed by atoms with Crippen LogP contribution in [-0.2, 0) is 22.1 Å². The molecule has 0 unspecified atom stereocenters. The molecule has 1 aromatic rings. The molecule has 2 rings (SSSR count). The van der Waals surface area contributed by atoms with E-state index in [9.17, 15) is 21.6 Å². The normalized spacial score (nSPS) is 18.6. The van der Waals surface area contributed by atoms with E-state index in [0.717, 1.165) is 11.8 Å². The van der Waals surface area contributed by atoms with Crippen molar-refractivity contribution in [3.05, 3.63) is 18.0 Å². The van der Waals surface area contributed by atoms with Crippen LogP contribution in [0.3, 0.4) is 0 Å². The van der Waals surface area contributed by atoms with E-state index in [1.165, 1.54) is 0 Å². The number of hydrogen-bond acceptors (Lipinski definition) is 4. The van der Waals surface area contributed by atoms with Crippen LogP contribution in [0.4, 0.5) is 13.2 Å². The summed E-state index contributed by atoms with van der Waals surface area (Å²) in [6.45, 7) is 6.49. The molecule has 26 heavy (non-hydrogen) atoms. The summed E-state index contributed by atoms with van der Waals surface area (Å²) in [5.74, 6) is 0. The summed E-state index contributed by atoms with van der Waals surface area (Å²) in [4.78, 5) is 2.12. The minimum absolute atomic E-state index is 0.112. The molecule has 0 atom stereocenters. The Balaban J connectivity index is 1.96. The van der Waals surface area contributed by atoms with E-state index in [2.05, 4.69) is 30.8 Å². The first-order valence-corrected chi connectivity index (χ1v) is 10.4. The van der Waals surface area contributed by atoms with Crippen molar-refractivity contribution >= 4 is 10.0 Å². The highest BCUT2D eigenvalue weighted by atomic mass is 32.2. The predicted octanol–water partition coefficient (Wildman–Crippen LogP) is 2.43. The van der Waals surface area contributed by atoms with Crippen molar-refractivity contribution in [3.8, 4) is 0 Å². The van der Waals surface area contributed by atoms with Crippen LogP contribution in [0.15, 0.2) is 12.4 Å². The van der Waals surface area contributed by atoms with Gasteiger partial charge in [-0.15, -0.1) is 0 Å². The van der Waals surface area contributed by atoms with Gasteiger partial charge in [0.2, 0.25) is 10.0 Å². The third-order valence-electron chi connectivity index (χ3n) is 4.46. The largest absolute Gasteiger partial charge is 0.402 e. The summed E-state index contributed by atoms with van der Waals surface area (Å²) in [6.07, 6.45) is 0.837. The summed E-state index contributed by atoms with van der Waals surface area (Å²) in [5, 5.41) is 4.35. The molecule has 0 spiro atoms. The molecule has 1 saturated heterocycles. The van der Waals surface area contributed by atoms with E-state index < -0.39 is 28.8 Å². The molecule has 10 heteroatoms. The Bertz CT molecular complexity index is 702. The summed E-state index contributed by atoms with van der Waals surface area (Å²) in [6, 6.07) is -0.611. The van der Waals surface area contributed by atoms with Crippen LogP contribution in [0, 0.1) is 0 Å². The van der Waals surface area contributed by atoms with Crippen LogP contribution >= 0.6 is 0 Å². The number of piperidine rings is 1. The lowest BCUT2D eigenvalue weighted by molar-refractivity contribution is -0.140. The van der Waals surface area contributed by atoms with E-state index in [-0.39, 0.29) is 5.54 Å². The second-order valence-corrected chi connectivity index (χ2v) is 9.83. The van der Waals surface area contributed by atoms with Crippen LogP contribution in [0.25, 0.3) is 0 Å². The lowest BCUT2D eigenvalue weighted by Crippen LogP contribution is -2.49. The SMILES string of the molecule is CC(C)(C)n1cc(CN2CCC(N(CC(F)(F)F)S(C)(=O)=O)CC2)cn1. The molecule has 0 aromatic carbocycles. The average molecular weight is 396 g/mol. The topological polar surface area (TPSA) is 58.4 Å². The van der Waals surface area contributed by atoms with Gasteiger partial charge in [0.05, 0.1) is 18.0 Å². The molecule has 1 aliphatic rings. The van der Waals surface area contributed by atoms with Crippen LogP contribution in [0.1, 0.15) is 39.2 Å². The molecule has 0 saturated carbocycles. The van der Waals surface area contributed by atoms with Crippen molar-refractivity contribution in [2.24, 2.45) is 0 Å². The van der Waals surface area contributed by atoms with E-state index in [4.69, 9.17) is 0 Å². The molecular weight excluding hydrogens is 369 g/mol. The zero-order valence-electron chi connectivity index (χ0n) is 15.6. The Labute approximate surface area is 153 Å². The zero-order chi connectivity index (χ0) is 19.8. The van der Waals surface area contributed by atoms with Crippen LogP contribution < -0.4 is 0 Å². The van der Waals surface area contributed by atoms with Gasteiger partial charge in [0.25, 0.3) is 0 Å².